The zero-order valence-electron chi connectivity index (χ0n) is 9.67. The molecule has 0 spiro atoms. The molecule has 1 aromatic carbocycles. The minimum absolute atomic E-state index is 0.262. The number of nitrogens with zero attached hydrogens (tertiary/aromatic N) is 2. The van der Waals surface area contributed by atoms with Gasteiger partial charge in [-0.15, -0.1) is 0 Å². The number of benzene rings is 1. The predicted octanol–water partition coefficient (Wildman–Crippen LogP) is 0.790. The number of likely N-dealkylation sites (N-methyl/N-ethyl adjacent to an activating group) is 1. The second-order valence-electron chi connectivity index (χ2n) is 4.06. The summed E-state index contributed by atoms with van der Waals surface area (Å²) in [6, 6.07) is 6.15. The molecular formula is C12H11N3O3. The number of nitrogens with one attached hydrogen (secondary N) is 1. The maximum absolute atomic E-state index is 11.8. The van der Waals surface area contributed by atoms with Gasteiger partial charge in [0.25, 0.3) is 0 Å². The number of hydrogen-bond donors (Lipinski definition) is 2. The van der Waals surface area contributed by atoms with Crippen LogP contribution in [0.15, 0.2) is 18.2 Å². The van der Waals surface area contributed by atoms with E-state index in [1.165, 1.54) is 0 Å². The molecule has 18 heavy (non-hydrogen) atoms. The van der Waals surface area contributed by atoms with Crippen molar-refractivity contribution in [3.05, 3.63) is 23.8 Å². The van der Waals surface area contributed by atoms with E-state index >= 15 is 0 Å². The van der Waals surface area contributed by atoms with Gasteiger partial charge in [-0.1, -0.05) is 0 Å². The van der Waals surface area contributed by atoms with Gasteiger partial charge < -0.3 is 15.3 Å². The number of carbonyl (C=O) groups is 2. The van der Waals surface area contributed by atoms with Gasteiger partial charge in [-0.3, -0.25) is 9.59 Å². The van der Waals surface area contributed by atoms with Gasteiger partial charge in [-0.05, 0) is 18.2 Å². The Balaban J connectivity index is 2.38. The van der Waals surface area contributed by atoms with Crippen molar-refractivity contribution >= 4 is 23.3 Å². The fourth-order valence-electron chi connectivity index (χ4n) is 1.97. The Bertz CT molecular complexity index is 562. The molecule has 2 N–H and O–H groups in total. The Labute approximate surface area is 103 Å². The average molecular weight is 245 g/mol. The van der Waals surface area contributed by atoms with Crippen molar-refractivity contribution in [3.8, 4) is 6.07 Å². The fourth-order valence-corrected chi connectivity index (χ4v) is 1.97. The first-order valence-electron chi connectivity index (χ1n) is 5.32. The molecule has 1 aliphatic rings. The fraction of sp³-hybridized carbons (Fsp3) is 0.250. The summed E-state index contributed by atoms with van der Waals surface area (Å²) in [5.41, 5.74) is 1.68. The van der Waals surface area contributed by atoms with Crippen LogP contribution < -0.4 is 10.2 Å². The SMILES string of the molecule is CN1c2ccc(C#N)cc2NC(=O)C1CC(=O)O. The minimum Gasteiger partial charge on any atom is -0.481 e. The molecule has 0 bridgehead atoms. The largest absolute Gasteiger partial charge is 0.481 e. The highest BCUT2D eigenvalue weighted by atomic mass is 16.4. The number of amides is 1. The summed E-state index contributed by atoms with van der Waals surface area (Å²) in [6.07, 6.45) is -0.262. The summed E-state index contributed by atoms with van der Waals surface area (Å²) >= 11 is 0. The first-order valence-corrected chi connectivity index (χ1v) is 5.32. The Hall–Kier alpha value is -2.55. The number of rotatable bonds is 2. The van der Waals surface area contributed by atoms with Crippen LogP contribution in [0.3, 0.4) is 0 Å². The van der Waals surface area contributed by atoms with Crippen LogP contribution in [-0.4, -0.2) is 30.1 Å². The van der Waals surface area contributed by atoms with Crippen LogP contribution in [0.5, 0.6) is 0 Å². The summed E-state index contributed by atoms with van der Waals surface area (Å²) in [6.45, 7) is 0. The van der Waals surface area contributed by atoms with Gasteiger partial charge in [0.15, 0.2) is 0 Å². The van der Waals surface area contributed by atoms with Gasteiger partial charge in [0.05, 0.1) is 29.4 Å². The molecule has 1 amide bonds. The molecule has 1 aromatic rings. The number of anilines is 2. The maximum atomic E-state index is 11.8. The zero-order chi connectivity index (χ0) is 13.3. The highest BCUT2D eigenvalue weighted by Gasteiger charge is 2.32. The van der Waals surface area contributed by atoms with Crippen molar-refractivity contribution in [1.82, 2.24) is 0 Å². The molecule has 2 rings (SSSR count). The topological polar surface area (TPSA) is 93.4 Å². The summed E-state index contributed by atoms with van der Waals surface area (Å²) in [4.78, 5) is 24.1. The van der Waals surface area contributed by atoms with E-state index in [-0.39, 0.29) is 12.3 Å². The Morgan fingerprint density at radius 1 is 1.61 bits per heavy atom. The number of aliphatic carboxylic acids is 1. The van der Waals surface area contributed by atoms with Crippen molar-refractivity contribution in [2.45, 2.75) is 12.5 Å². The second-order valence-corrected chi connectivity index (χ2v) is 4.06. The number of hydrogen-bond acceptors (Lipinski definition) is 4. The first-order chi connectivity index (χ1) is 8.52. The Morgan fingerprint density at radius 3 is 2.94 bits per heavy atom. The molecule has 1 aliphatic heterocycles. The van der Waals surface area contributed by atoms with Gasteiger partial charge in [0.2, 0.25) is 5.91 Å². The van der Waals surface area contributed by atoms with Crippen molar-refractivity contribution in [2.75, 3.05) is 17.3 Å². The van der Waals surface area contributed by atoms with Crippen molar-refractivity contribution < 1.29 is 14.7 Å². The molecule has 0 aromatic heterocycles. The molecule has 6 nitrogen and oxygen atoms in total. The summed E-state index contributed by atoms with van der Waals surface area (Å²) in [5.74, 6) is -1.40. The lowest BCUT2D eigenvalue weighted by Gasteiger charge is -2.34. The number of fused-ring (bicyclic) bond motifs is 1. The standard InChI is InChI=1S/C12H11N3O3/c1-15-9-3-2-7(6-13)4-8(9)14-12(18)10(15)5-11(16)17/h2-4,10H,5H2,1H3,(H,14,18)(H,16,17). The molecule has 1 atom stereocenters. The van der Waals surface area contributed by atoms with Crippen LogP contribution >= 0.6 is 0 Å². The smallest absolute Gasteiger partial charge is 0.305 e. The molecule has 1 heterocycles. The molecule has 0 fully saturated rings. The highest BCUT2D eigenvalue weighted by molar-refractivity contribution is 6.05. The van der Waals surface area contributed by atoms with Gasteiger partial charge in [-0.25, -0.2) is 0 Å². The van der Waals surface area contributed by atoms with Crippen molar-refractivity contribution in [2.24, 2.45) is 0 Å². The molecule has 6 heteroatoms. The maximum Gasteiger partial charge on any atom is 0.305 e. The molecule has 0 saturated carbocycles. The third-order valence-corrected chi connectivity index (χ3v) is 2.90. The monoisotopic (exact) mass is 245 g/mol. The van der Waals surface area contributed by atoms with E-state index in [4.69, 9.17) is 10.4 Å². The molecular weight excluding hydrogens is 234 g/mol. The lowest BCUT2D eigenvalue weighted by atomic mass is 10.0. The summed E-state index contributed by atoms with van der Waals surface area (Å²) < 4.78 is 0. The predicted molar refractivity (Wildman–Crippen MR) is 64.2 cm³/mol. The molecule has 0 saturated heterocycles. The quantitative estimate of drug-likeness (QED) is 0.803. The van der Waals surface area contributed by atoms with Gasteiger partial charge in [0.1, 0.15) is 6.04 Å². The molecule has 92 valence electrons. The van der Waals surface area contributed by atoms with E-state index in [2.05, 4.69) is 5.32 Å². The van der Waals surface area contributed by atoms with E-state index in [0.29, 0.717) is 16.9 Å². The van der Waals surface area contributed by atoms with Gasteiger partial charge in [-0.2, -0.15) is 5.26 Å². The first kappa shape index (κ1) is 11.9. The van der Waals surface area contributed by atoms with E-state index in [1.54, 1.807) is 30.1 Å². The van der Waals surface area contributed by atoms with E-state index < -0.39 is 12.0 Å². The van der Waals surface area contributed by atoms with Crippen LogP contribution in [0.2, 0.25) is 0 Å². The van der Waals surface area contributed by atoms with Crippen LogP contribution in [0, 0.1) is 11.3 Å². The number of carboxylic acid groups (broad SMARTS) is 1. The van der Waals surface area contributed by atoms with E-state index in [0.717, 1.165) is 0 Å². The molecule has 0 radical (unpaired) electrons. The Kier molecular flexibility index (Phi) is 2.90. The second kappa shape index (κ2) is 4.37. The minimum atomic E-state index is -1.03. The Morgan fingerprint density at radius 2 is 2.33 bits per heavy atom. The lowest BCUT2D eigenvalue weighted by molar-refractivity contribution is -0.138. The third-order valence-electron chi connectivity index (χ3n) is 2.90. The van der Waals surface area contributed by atoms with Crippen LogP contribution in [0.25, 0.3) is 0 Å². The van der Waals surface area contributed by atoms with Crippen LogP contribution in [-0.2, 0) is 9.59 Å². The zero-order valence-corrected chi connectivity index (χ0v) is 9.67. The lowest BCUT2D eigenvalue weighted by Crippen LogP contribution is -2.47. The normalized spacial score (nSPS) is 17.7. The van der Waals surface area contributed by atoms with E-state index in [9.17, 15) is 9.59 Å². The van der Waals surface area contributed by atoms with E-state index in [1.807, 2.05) is 6.07 Å². The van der Waals surface area contributed by atoms with Crippen molar-refractivity contribution in [3.63, 3.8) is 0 Å². The van der Waals surface area contributed by atoms with Gasteiger partial charge in [0, 0.05) is 7.05 Å². The third kappa shape index (κ3) is 1.98. The highest BCUT2D eigenvalue weighted by Crippen LogP contribution is 2.32. The molecule has 1 unspecified atom stereocenters. The van der Waals surface area contributed by atoms with Crippen LogP contribution in [0.4, 0.5) is 11.4 Å². The number of carbonyl (C=O) groups excluding carboxylic acids is 1. The van der Waals surface area contributed by atoms with Gasteiger partial charge >= 0.3 is 5.97 Å². The summed E-state index contributed by atoms with van der Waals surface area (Å²) in [5, 5.41) is 20.2. The molecule has 0 aliphatic carbocycles. The number of carboxylic acids is 1. The average Bonchev–Trinajstić information content (AvgIpc) is 2.33. The van der Waals surface area contributed by atoms with Crippen molar-refractivity contribution in [1.29, 1.82) is 5.26 Å². The van der Waals surface area contributed by atoms with Crippen LogP contribution in [0.1, 0.15) is 12.0 Å². The summed E-state index contributed by atoms with van der Waals surface area (Å²) in [7, 11) is 1.66. The number of nitriles is 1.